The zero-order chi connectivity index (χ0) is 20.0. The van der Waals surface area contributed by atoms with Crippen LogP contribution >= 0.6 is 0 Å². The lowest BCUT2D eigenvalue weighted by atomic mass is 10.1. The standard InChI is InChI=1S/C21H20F3N3O/c22-21(23,24)18-10-4-9-17(12-18)14-27-15-19(13-25-27)26-20(28)11-5-8-16-6-2-1-3-7-16/h1-4,6-7,9-10,12-13,15H,5,8,11,14H2,(H,26,28). The van der Waals surface area contributed by atoms with Crippen molar-refractivity contribution in [2.45, 2.75) is 32.0 Å². The van der Waals surface area contributed by atoms with Crippen molar-refractivity contribution >= 4 is 11.6 Å². The van der Waals surface area contributed by atoms with E-state index in [9.17, 15) is 18.0 Å². The van der Waals surface area contributed by atoms with Crippen molar-refractivity contribution in [3.05, 3.63) is 83.7 Å². The number of aromatic nitrogens is 2. The van der Waals surface area contributed by atoms with Gasteiger partial charge < -0.3 is 5.32 Å². The summed E-state index contributed by atoms with van der Waals surface area (Å²) >= 11 is 0. The molecule has 3 rings (SSSR count). The SMILES string of the molecule is O=C(CCCc1ccccc1)Nc1cnn(Cc2cccc(C(F)(F)F)c2)c1. The molecule has 0 fully saturated rings. The molecule has 0 bridgehead atoms. The Morgan fingerprint density at radius 2 is 1.79 bits per heavy atom. The number of aryl methyl sites for hydroxylation is 1. The Labute approximate surface area is 161 Å². The molecule has 0 radical (unpaired) electrons. The molecule has 3 aromatic rings. The first-order valence-electron chi connectivity index (χ1n) is 8.92. The van der Waals surface area contributed by atoms with Crippen molar-refractivity contribution in [3.63, 3.8) is 0 Å². The van der Waals surface area contributed by atoms with Crippen LogP contribution in [0.2, 0.25) is 0 Å². The molecule has 0 aliphatic rings. The molecule has 4 nitrogen and oxygen atoms in total. The van der Waals surface area contributed by atoms with Crippen molar-refractivity contribution in [1.29, 1.82) is 0 Å². The number of benzene rings is 2. The molecule has 2 aromatic carbocycles. The summed E-state index contributed by atoms with van der Waals surface area (Å²) in [6.45, 7) is 0.188. The van der Waals surface area contributed by atoms with E-state index in [1.165, 1.54) is 22.5 Å². The molecule has 0 spiro atoms. The van der Waals surface area contributed by atoms with Gasteiger partial charge in [0, 0.05) is 12.6 Å². The zero-order valence-corrected chi connectivity index (χ0v) is 15.1. The van der Waals surface area contributed by atoms with Gasteiger partial charge in [-0.1, -0.05) is 42.5 Å². The van der Waals surface area contributed by atoms with Gasteiger partial charge in [0.25, 0.3) is 0 Å². The van der Waals surface area contributed by atoms with Gasteiger partial charge in [0.1, 0.15) is 0 Å². The minimum absolute atomic E-state index is 0.116. The van der Waals surface area contributed by atoms with Crippen molar-refractivity contribution in [2.75, 3.05) is 5.32 Å². The molecule has 0 unspecified atom stereocenters. The number of nitrogens with one attached hydrogen (secondary N) is 1. The van der Waals surface area contributed by atoms with E-state index in [1.807, 2.05) is 30.3 Å². The summed E-state index contributed by atoms with van der Waals surface area (Å²) in [4.78, 5) is 12.1. The Morgan fingerprint density at radius 1 is 1.04 bits per heavy atom. The molecule has 1 heterocycles. The van der Waals surface area contributed by atoms with E-state index in [2.05, 4.69) is 10.4 Å². The van der Waals surface area contributed by atoms with Crippen LogP contribution in [0.5, 0.6) is 0 Å². The lowest BCUT2D eigenvalue weighted by molar-refractivity contribution is -0.137. The topological polar surface area (TPSA) is 46.9 Å². The summed E-state index contributed by atoms with van der Waals surface area (Å²) in [7, 11) is 0. The maximum absolute atomic E-state index is 12.8. The predicted molar refractivity (Wildman–Crippen MR) is 101 cm³/mol. The quantitative estimate of drug-likeness (QED) is 0.626. The lowest BCUT2D eigenvalue weighted by Crippen LogP contribution is -2.11. The highest BCUT2D eigenvalue weighted by Gasteiger charge is 2.30. The number of amides is 1. The van der Waals surface area contributed by atoms with Crippen LogP contribution < -0.4 is 5.32 Å². The number of carbonyl (C=O) groups excluding carboxylic acids is 1. The van der Waals surface area contributed by atoms with E-state index in [0.29, 0.717) is 17.7 Å². The van der Waals surface area contributed by atoms with Gasteiger partial charge in [0.05, 0.1) is 24.0 Å². The van der Waals surface area contributed by atoms with Crippen LogP contribution in [0.3, 0.4) is 0 Å². The number of halogens is 3. The maximum Gasteiger partial charge on any atom is 0.416 e. The minimum Gasteiger partial charge on any atom is -0.323 e. The third-order valence-electron chi connectivity index (χ3n) is 4.23. The Morgan fingerprint density at radius 3 is 2.54 bits per heavy atom. The number of anilines is 1. The summed E-state index contributed by atoms with van der Waals surface area (Å²) in [6, 6.07) is 15.0. The zero-order valence-electron chi connectivity index (χ0n) is 15.1. The Hall–Kier alpha value is -3.09. The molecule has 7 heteroatoms. The van der Waals surface area contributed by atoms with E-state index < -0.39 is 11.7 Å². The second kappa shape index (κ2) is 8.73. The smallest absolute Gasteiger partial charge is 0.323 e. The molecule has 0 saturated heterocycles. The Balaban J connectivity index is 1.50. The van der Waals surface area contributed by atoms with E-state index >= 15 is 0 Å². The minimum atomic E-state index is -4.38. The number of nitrogens with zero attached hydrogens (tertiary/aromatic N) is 2. The lowest BCUT2D eigenvalue weighted by Gasteiger charge is -2.08. The predicted octanol–water partition coefficient (Wildman–Crippen LogP) is 4.91. The summed E-state index contributed by atoms with van der Waals surface area (Å²) in [5.41, 5.74) is 1.50. The third-order valence-corrected chi connectivity index (χ3v) is 4.23. The highest BCUT2D eigenvalue weighted by atomic mass is 19.4. The van der Waals surface area contributed by atoms with Crippen molar-refractivity contribution in [2.24, 2.45) is 0 Å². The molecule has 1 amide bonds. The van der Waals surface area contributed by atoms with Gasteiger partial charge in [-0.15, -0.1) is 0 Å². The molecule has 28 heavy (non-hydrogen) atoms. The van der Waals surface area contributed by atoms with Crippen LogP contribution in [0.4, 0.5) is 18.9 Å². The first kappa shape index (κ1) is 19.7. The molecule has 0 aliphatic carbocycles. The van der Waals surface area contributed by atoms with Crippen molar-refractivity contribution in [1.82, 2.24) is 9.78 Å². The van der Waals surface area contributed by atoms with Crippen LogP contribution in [0, 0.1) is 0 Å². The molecule has 0 saturated carbocycles. The number of alkyl halides is 3. The molecule has 146 valence electrons. The number of carbonyl (C=O) groups is 1. The molecular formula is C21H20F3N3O. The van der Waals surface area contributed by atoms with Gasteiger partial charge in [-0.25, -0.2) is 0 Å². The maximum atomic E-state index is 12.8. The van der Waals surface area contributed by atoms with E-state index in [1.54, 1.807) is 12.3 Å². The van der Waals surface area contributed by atoms with Gasteiger partial charge in [0.15, 0.2) is 0 Å². The second-order valence-corrected chi connectivity index (χ2v) is 6.51. The molecule has 1 aromatic heterocycles. The average Bonchev–Trinajstić information content (AvgIpc) is 3.09. The van der Waals surface area contributed by atoms with Gasteiger partial charge in [0.2, 0.25) is 5.91 Å². The summed E-state index contributed by atoms with van der Waals surface area (Å²) < 4.78 is 39.9. The fourth-order valence-electron chi connectivity index (χ4n) is 2.87. The normalized spacial score (nSPS) is 11.4. The fourth-order valence-corrected chi connectivity index (χ4v) is 2.87. The monoisotopic (exact) mass is 387 g/mol. The third kappa shape index (κ3) is 5.70. The van der Waals surface area contributed by atoms with Gasteiger partial charge in [-0.3, -0.25) is 9.48 Å². The van der Waals surface area contributed by atoms with Crippen LogP contribution in [-0.2, 0) is 23.9 Å². The highest BCUT2D eigenvalue weighted by Crippen LogP contribution is 2.29. The van der Waals surface area contributed by atoms with Crippen LogP contribution in [-0.4, -0.2) is 15.7 Å². The van der Waals surface area contributed by atoms with Crippen LogP contribution in [0.25, 0.3) is 0 Å². The van der Waals surface area contributed by atoms with E-state index in [0.717, 1.165) is 25.0 Å². The highest BCUT2D eigenvalue weighted by molar-refractivity contribution is 5.90. The second-order valence-electron chi connectivity index (χ2n) is 6.51. The van der Waals surface area contributed by atoms with Crippen LogP contribution in [0.15, 0.2) is 67.0 Å². The van der Waals surface area contributed by atoms with Gasteiger partial charge >= 0.3 is 6.18 Å². The first-order chi connectivity index (χ1) is 13.4. The average molecular weight is 387 g/mol. The van der Waals surface area contributed by atoms with Gasteiger partial charge in [-0.05, 0) is 36.1 Å². The van der Waals surface area contributed by atoms with E-state index in [-0.39, 0.29) is 12.5 Å². The van der Waals surface area contributed by atoms with Crippen LogP contribution in [0.1, 0.15) is 29.5 Å². The number of rotatable bonds is 7. The summed E-state index contributed by atoms with van der Waals surface area (Å²) in [5.74, 6) is -0.116. The Kier molecular flexibility index (Phi) is 6.13. The molecular weight excluding hydrogens is 367 g/mol. The molecule has 0 aliphatic heterocycles. The van der Waals surface area contributed by atoms with Crippen molar-refractivity contribution in [3.8, 4) is 0 Å². The summed E-state index contributed by atoms with van der Waals surface area (Å²) in [5, 5.41) is 6.87. The molecule has 0 atom stereocenters. The van der Waals surface area contributed by atoms with E-state index in [4.69, 9.17) is 0 Å². The van der Waals surface area contributed by atoms with Gasteiger partial charge in [-0.2, -0.15) is 18.3 Å². The number of hydrogen-bond donors (Lipinski definition) is 1. The fraction of sp³-hybridized carbons (Fsp3) is 0.238. The number of hydrogen-bond acceptors (Lipinski definition) is 2. The van der Waals surface area contributed by atoms with Crippen molar-refractivity contribution < 1.29 is 18.0 Å². The first-order valence-corrected chi connectivity index (χ1v) is 8.92. The molecule has 1 N–H and O–H groups in total. The Bertz CT molecular complexity index is 920. The summed E-state index contributed by atoms with van der Waals surface area (Å²) in [6.07, 6.45) is 0.655. The largest absolute Gasteiger partial charge is 0.416 e.